The van der Waals surface area contributed by atoms with E-state index >= 15 is 0 Å². The minimum Gasteiger partial charge on any atom is -0.463 e. The lowest BCUT2D eigenvalue weighted by atomic mass is 9.90. The first kappa shape index (κ1) is 26.5. The third kappa shape index (κ3) is 6.33. The van der Waals surface area contributed by atoms with Gasteiger partial charge >= 0.3 is 18.0 Å². The van der Waals surface area contributed by atoms with Gasteiger partial charge in [-0.2, -0.15) is 0 Å². The molecule has 0 saturated carbocycles. The number of carbonyl (C=O) groups is 3. The van der Waals surface area contributed by atoms with Crippen molar-refractivity contribution in [2.24, 2.45) is 0 Å². The van der Waals surface area contributed by atoms with E-state index in [0.717, 1.165) is 29.7 Å². The van der Waals surface area contributed by atoms with Crippen LogP contribution in [0.15, 0.2) is 29.5 Å². The first-order valence-corrected chi connectivity index (χ1v) is 12.4. The Balaban J connectivity index is 1.94. The Hall–Kier alpha value is -3.07. The highest BCUT2D eigenvalue weighted by atomic mass is 16.5. The molecule has 3 rings (SSSR count). The summed E-state index contributed by atoms with van der Waals surface area (Å²) < 4.78 is 5.46. The summed E-state index contributed by atoms with van der Waals surface area (Å²) in [4.78, 5) is 44.3. The zero-order valence-electron chi connectivity index (χ0n) is 21.8. The van der Waals surface area contributed by atoms with Gasteiger partial charge in [0.15, 0.2) is 0 Å². The molecular weight excluding hydrogens is 446 g/mol. The molecule has 1 fully saturated rings. The second-order valence-electron chi connectivity index (χ2n) is 9.60. The zero-order chi connectivity index (χ0) is 25.7. The molecule has 1 atom stereocenters. The number of amides is 4. The van der Waals surface area contributed by atoms with E-state index in [2.05, 4.69) is 15.5 Å². The lowest BCUT2D eigenvalue weighted by molar-refractivity contribution is -0.139. The van der Waals surface area contributed by atoms with Crippen LogP contribution in [0, 0.1) is 13.8 Å². The molecule has 0 spiro atoms. The summed E-state index contributed by atoms with van der Waals surface area (Å²) in [6.07, 6.45) is 0.809. The molecule has 2 aliphatic rings. The van der Waals surface area contributed by atoms with Crippen LogP contribution in [-0.2, 0) is 9.53 Å². The highest BCUT2D eigenvalue weighted by molar-refractivity contribution is 5.95. The van der Waals surface area contributed by atoms with Crippen molar-refractivity contribution >= 4 is 18.0 Å². The van der Waals surface area contributed by atoms with Crippen LogP contribution < -0.4 is 10.6 Å². The quantitative estimate of drug-likeness (QED) is 0.605. The van der Waals surface area contributed by atoms with Gasteiger partial charge in [0.1, 0.15) is 0 Å². The number of ether oxygens (including phenoxy) is 1. The number of esters is 1. The monoisotopic (exact) mass is 485 g/mol. The summed E-state index contributed by atoms with van der Waals surface area (Å²) >= 11 is 0. The van der Waals surface area contributed by atoms with E-state index in [-0.39, 0.29) is 24.7 Å². The van der Waals surface area contributed by atoms with Crippen LogP contribution in [0.4, 0.5) is 9.59 Å². The molecule has 1 aromatic carbocycles. The average Bonchev–Trinajstić information content (AvgIpc) is 3.03. The first-order valence-electron chi connectivity index (χ1n) is 12.4. The van der Waals surface area contributed by atoms with Gasteiger partial charge < -0.3 is 20.3 Å². The second-order valence-corrected chi connectivity index (χ2v) is 9.60. The van der Waals surface area contributed by atoms with E-state index in [0.29, 0.717) is 37.4 Å². The number of likely N-dealkylation sites (N-methyl/N-ethyl adjacent to an activating group) is 1. The molecule has 35 heavy (non-hydrogen) atoms. The van der Waals surface area contributed by atoms with E-state index < -0.39 is 12.0 Å². The van der Waals surface area contributed by atoms with Crippen molar-refractivity contribution in [1.82, 2.24) is 25.3 Å². The zero-order valence-corrected chi connectivity index (χ0v) is 21.8. The molecule has 2 heterocycles. The number of aryl methyl sites for hydroxylation is 2. The topological polar surface area (TPSA) is 94.2 Å². The van der Waals surface area contributed by atoms with E-state index in [1.807, 2.05) is 50.8 Å². The van der Waals surface area contributed by atoms with Gasteiger partial charge in [-0.1, -0.05) is 23.8 Å². The maximum atomic E-state index is 13.3. The molecular formula is C26H39N5O4. The lowest BCUT2D eigenvalue weighted by Gasteiger charge is -2.37. The molecule has 1 aromatic rings. The summed E-state index contributed by atoms with van der Waals surface area (Å²) in [6, 6.07) is 5.21. The van der Waals surface area contributed by atoms with Crippen LogP contribution in [0.2, 0.25) is 0 Å². The van der Waals surface area contributed by atoms with E-state index in [9.17, 15) is 14.4 Å². The highest BCUT2D eigenvalue weighted by Gasteiger charge is 2.38. The molecule has 0 unspecified atom stereocenters. The fourth-order valence-corrected chi connectivity index (χ4v) is 4.58. The predicted octanol–water partition coefficient (Wildman–Crippen LogP) is 2.94. The molecule has 4 amide bonds. The van der Waals surface area contributed by atoms with Crippen LogP contribution in [0.1, 0.15) is 49.9 Å². The summed E-state index contributed by atoms with van der Waals surface area (Å²) in [6.45, 7) is 13.0. The van der Waals surface area contributed by atoms with Gasteiger partial charge in [-0.05, 0) is 52.2 Å². The van der Waals surface area contributed by atoms with Crippen molar-refractivity contribution in [1.29, 1.82) is 0 Å². The van der Waals surface area contributed by atoms with Crippen LogP contribution in [-0.4, -0.2) is 85.2 Å². The number of hydrogen-bond donors (Lipinski definition) is 2. The van der Waals surface area contributed by atoms with Crippen LogP contribution >= 0.6 is 0 Å². The first-order chi connectivity index (χ1) is 16.6. The molecule has 9 nitrogen and oxygen atoms in total. The number of nitrogens with one attached hydrogen (secondary N) is 2. The fourth-order valence-electron chi connectivity index (χ4n) is 4.58. The normalized spacial score (nSPS) is 19.5. The Bertz CT molecular complexity index is 990. The van der Waals surface area contributed by atoms with Gasteiger partial charge in [-0.25, -0.2) is 14.4 Å². The fraction of sp³-hybridized carbons (Fsp3) is 0.577. The number of benzene rings is 1. The number of carbonyl (C=O) groups excluding carboxylic acids is 3. The highest BCUT2D eigenvalue weighted by Crippen LogP contribution is 2.33. The Morgan fingerprint density at radius 2 is 1.91 bits per heavy atom. The van der Waals surface area contributed by atoms with Crippen molar-refractivity contribution in [3.8, 4) is 0 Å². The van der Waals surface area contributed by atoms with Crippen LogP contribution in [0.5, 0.6) is 0 Å². The minimum atomic E-state index is -0.590. The molecule has 0 radical (unpaired) electrons. The Morgan fingerprint density at radius 3 is 2.60 bits per heavy atom. The number of hydrogen-bond acceptors (Lipinski definition) is 5. The van der Waals surface area contributed by atoms with E-state index in [4.69, 9.17) is 4.74 Å². The molecule has 192 valence electrons. The van der Waals surface area contributed by atoms with Gasteiger partial charge in [0, 0.05) is 51.5 Å². The number of rotatable bonds is 6. The molecule has 9 heteroatoms. The molecule has 2 aliphatic heterocycles. The molecule has 0 bridgehead atoms. The molecule has 0 aliphatic carbocycles. The van der Waals surface area contributed by atoms with Gasteiger partial charge in [0.2, 0.25) is 0 Å². The smallest absolute Gasteiger partial charge is 0.338 e. The largest absolute Gasteiger partial charge is 0.463 e. The Labute approximate surface area is 208 Å². The van der Waals surface area contributed by atoms with Gasteiger partial charge in [0.05, 0.1) is 18.2 Å². The van der Waals surface area contributed by atoms with Crippen molar-refractivity contribution in [2.45, 2.75) is 53.1 Å². The SMILES string of the molecule is CCOC(=O)C1=C(CN2CCCN(C(=O)NC(C)C)CC2)N(C)C(=O)N[C@@H]1c1cc(C)ccc1C. The summed E-state index contributed by atoms with van der Waals surface area (Å²) in [5.74, 6) is -0.423. The van der Waals surface area contributed by atoms with Gasteiger partial charge in [-0.15, -0.1) is 0 Å². The number of urea groups is 2. The molecule has 0 aromatic heterocycles. The van der Waals surface area contributed by atoms with Crippen molar-refractivity contribution < 1.29 is 19.1 Å². The third-order valence-electron chi connectivity index (χ3n) is 6.48. The van der Waals surface area contributed by atoms with Crippen LogP contribution in [0.25, 0.3) is 0 Å². The van der Waals surface area contributed by atoms with Gasteiger partial charge in [0.25, 0.3) is 0 Å². The maximum absolute atomic E-state index is 13.3. The summed E-state index contributed by atoms with van der Waals surface area (Å²) in [5.41, 5.74) is 4.03. The minimum absolute atomic E-state index is 0.0579. The van der Waals surface area contributed by atoms with Gasteiger partial charge in [-0.3, -0.25) is 9.80 Å². The Kier molecular flexibility index (Phi) is 8.77. The number of nitrogens with zero attached hydrogens (tertiary/aromatic N) is 3. The Morgan fingerprint density at radius 1 is 1.17 bits per heavy atom. The lowest BCUT2D eigenvalue weighted by Crippen LogP contribution is -2.50. The second kappa shape index (κ2) is 11.6. The predicted molar refractivity (Wildman–Crippen MR) is 135 cm³/mol. The summed E-state index contributed by atoms with van der Waals surface area (Å²) in [7, 11) is 1.68. The van der Waals surface area contributed by atoms with E-state index in [1.54, 1.807) is 14.0 Å². The van der Waals surface area contributed by atoms with Crippen molar-refractivity contribution in [3.63, 3.8) is 0 Å². The van der Waals surface area contributed by atoms with Crippen molar-refractivity contribution in [3.05, 3.63) is 46.2 Å². The van der Waals surface area contributed by atoms with Crippen LogP contribution in [0.3, 0.4) is 0 Å². The van der Waals surface area contributed by atoms with Crippen molar-refractivity contribution in [2.75, 3.05) is 46.4 Å². The maximum Gasteiger partial charge on any atom is 0.338 e. The molecule has 2 N–H and O–H groups in total. The third-order valence-corrected chi connectivity index (χ3v) is 6.48. The standard InChI is InChI=1S/C26H39N5O4/c1-7-35-24(32)22-21(16-30-11-8-12-31(14-13-30)26(34)27-17(2)3)29(6)25(33)28-23(22)20-15-18(4)9-10-19(20)5/h9-10,15,17,23H,7-8,11-14,16H2,1-6H3,(H,27,34)(H,28,33)/t23-/m1/s1. The molecule has 1 saturated heterocycles. The van der Waals surface area contributed by atoms with E-state index in [1.165, 1.54) is 4.90 Å². The summed E-state index contributed by atoms with van der Waals surface area (Å²) in [5, 5.41) is 5.96. The average molecular weight is 486 g/mol.